The van der Waals surface area contributed by atoms with Crippen LogP contribution in [0.2, 0.25) is 5.02 Å². The van der Waals surface area contributed by atoms with Gasteiger partial charge in [0.15, 0.2) is 11.5 Å². The van der Waals surface area contributed by atoms with Crippen molar-refractivity contribution < 1.29 is 19.1 Å². The van der Waals surface area contributed by atoms with Crippen LogP contribution in [-0.4, -0.2) is 23.6 Å². The number of hydrogen-bond acceptors (Lipinski definition) is 5. The molecule has 0 spiro atoms. The molecule has 0 saturated carbocycles. The van der Waals surface area contributed by atoms with Gasteiger partial charge in [0.1, 0.15) is 6.29 Å². The first-order valence-electron chi connectivity index (χ1n) is 11.6. The SMILES string of the molecule is CC.Cc1ccc(SNC(=O)C(c2cc3c(cc2Cl)OCO3)c2cn(C)c3cc(C=O)ccc23)cc1. The molecule has 1 N–H and O–H groups in total. The third-order valence-corrected chi connectivity index (χ3v) is 6.99. The summed E-state index contributed by atoms with van der Waals surface area (Å²) in [5.41, 5.74) is 3.95. The van der Waals surface area contributed by atoms with Crippen molar-refractivity contribution in [3.63, 3.8) is 0 Å². The minimum atomic E-state index is -0.717. The summed E-state index contributed by atoms with van der Waals surface area (Å²) in [5, 5.41) is 1.27. The Morgan fingerprint density at radius 1 is 1.06 bits per heavy atom. The first kappa shape index (κ1) is 25.7. The van der Waals surface area contributed by atoms with Crippen LogP contribution in [0.4, 0.5) is 0 Å². The molecule has 8 heteroatoms. The number of benzene rings is 3. The van der Waals surface area contributed by atoms with Crippen molar-refractivity contribution in [2.45, 2.75) is 31.6 Å². The number of fused-ring (bicyclic) bond motifs is 2. The normalized spacial score (nSPS) is 12.6. The molecule has 0 bridgehead atoms. The Balaban J connectivity index is 0.00000148. The molecule has 2 heterocycles. The minimum Gasteiger partial charge on any atom is -0.454 e. The maximum atomic E-state index is 13.7. The maximum Gasteiger partial charge on any atom is 0.242 e. The topological polar surface area (TPSA) is 69.6 Å². The maximum absolute atomic E-state index is 13.7. The number of aldehydes is 1. The molecule has 3 aromatic carbocycles. The molecule has 0 saturated heterocycles. The average molecular weight is 523 g/mol. The lowest BCUT2D eigenvalue weighted by atomic mass is 9.90. The standard InChI is InChI=1S/C26H21ClN2O4S.C2H6/c1-15-3-6-17(7-4-15)34-28-26(31)25(19-10-23-24(11-21(19)27)33-14-32-23)20-12-29(2)22-9-16(13-30)5-8-18(20)22;1-2/h3-13,25H,14H2,1-2H3,(H,28,31);1-2H3. The highest BCUT2D eigenvalue weighted by Gasteiger charge is 2.31. The third kappa shape index (κ3) is 5.08. The summed E-state index contributed by atoms with van der Waals surface area (Å²) in [4.78, 5) is 25.9. The molecule has 4 aromatic rings. The zero-order valence-corrected chi connectivity index (χ0v) is 22.1. The van der Waals surface area contributed by atoms with E-state index in [0.717, 1.165) is 33.2 Å². The van der Waals surface area contributed by atoms with Crippen molar-refractivity contribution in [1.82, 2.24) is 9.29 Å². The van der Waals surface area contributed by atoms with Crippen molar-refractivity contribution in [1.29, 1.82) is 0 Å². The highest BCUT2D eigenvalue weighted by molar-refractivity contribution is 7.98. The number of carbonyl (C=O) groups excluding carboxylic acids is 2. The van der Waals surface area contributed by atoms with Gasteiger partial charge in [-0.25, -0.2) is 0 Å². The van der Waals surface area contributed by atoms with Gasteiger partial charge in [0.25, 0.3) is 0 Å². The van der Waals surface area contributed by atoms with E-state index in [-0.39, 0.29) is 12.7 Å². The number of halogens is 1. The summed E-state index contributed by atoms with van der Waals surface area (Å²) >= 11 is 7.91. The molecule has 0 fully saturated rings. The van der Waals surface area contributed by atoms with Crippen LogP contribution in [-0.2, 0) is 11.8 Å². The zero-order chi connectivity index (χ0) is 25.8. The number of aryl methyl sites for hydroxylation is 2. The summed E-state index contributed by atoms with van der Waals surface area (Å²) in [6, 6.07) is 16.8. The molecule has 0 radical (unpaired) electrons. The number of carbonyl (C=O) groups is 2. The molecule has 6 nitrogen and oxygen atoms in total. The van der Waals surface area contributed by atoms with E-state index < -0.39 is 5.92 Å². The molecule has 1 atom stereocenters. The van der Waals surface area contributed by atoms with Gasteiger partial charge < -0.3 is 14.0 Å². The Hall–Kier alpha value is -3.42. The molecule has 36 heavy (non-hydrogen) atoms. The average Bonchev–Trinajstić information content (AvgIpc) is 3.48. The van der Waals surface area contributed by atoms with Crippen LogP contribution in [0.15, 0.2) is 65.7 Å². The molecule has 0 aliphatic carbocycles. The number of rotatable bonds is 6. The largest absolute Gasteiger partial charge is 0.454 e. The summed E-state index contributed by atoms with van der Waals surface area (Å²) in [6.45, 7) is 6.12. The monoisotopic (exact) mass is 522 g/mol. The van der Waals surface area contributed by atoms with Gasteiger partial charge in [-0.1, -0.05) is 55.3 Å². The molecule has 1 unspecified atom stereocenters. The van der Waals surface area contributed by atoms with E-state index in [0.29, 0.717) is 27.6 Å². The van der Waals surface area contributed by atoms with Gasteiger partial charge in [-0.15, -0.1) is 0 Å². The fourth-order valence-corrected chi connectivity index (χ4v) is 4.99. The van der Waals surface area contributed by atoms with Crippen molar-refractivity contribution in [2.75, 3.05) is 6.79 Å². The molecule has 1 aliphatic rings. The Morgan fingerprint density at radius 3 is 2.44 bits per heavy atom. The zero-order valence-electron chi connectivity index (χ0n) is 20.5. The van der Waals surface area contributed by atoms with Gasteiger partial charge in [0.2, 0.25) is 12.7 Å². The summed E-state index contributed by atoms with van der Waals surface area (Å²) in [5.74, 6) is 0.159. The van der Waals surface area contributed by atoms with Crippen LogP contribution in [0.25, 0.3) is 10.9 Å². The molecular formula is C28H27ClN2O4S. The van der Waals surface area contributed by atoms with E-state index in [9.17, 15) is 9.59 Å². The van der Waals surface area contributed by atoms with Crippen LogP contribution >= 0.6 is 23.5 Å². The van der Waals surface area contributed by atoms with Crippen LogP contribution < -0.4 is 14.2 Å². The van der Waals surface area contributed by atoms with E-state index in [1.807, 2.05) is 75.0 Å². The fourth-order valence-electron chi connectivity index (χ4n) is 4.11. The number of nitrogens with one attached hydrogen (secondary N) is 1. The number of amides is 1. The molecular weight excluding hydrogens is 496 g/mol. The predicted octanol–water partition coefficient (Wildman–Crippen LogP) is 6.66. The Morgan fingerprint density at radius 2 is 1.75 bits per heavy atom. The van der Waals surface area contributed by atoms with Gasteiger partial charge in [-0.3, -0.25) is 14.3 Å². The van der Waals surface area contributed by atoms with Gasteiger partial charge in [0, 0.05) is 45.7 Å². The van der Waals surface area contributed by atoms with Gasteiger partial charge in [0.05, 0.1) is 5.92 Å². The van der Waals surface area contributed by atoms with E-state index in [4.69, 9.17) is 21.1 Å². The number of nitrogens with zero attached hydrogens (tertiary/aromatic N) is 1. The summed E-state index contributed by atoms with van der Waals surface area (Å²) < 4.78 is 15.9. The Kier molecular flexibility index (Phi) is 7.91. The van der Waals surface area contributed by atoms with E-state index in [1.54, 1.807) is 18.2 Å². The minimum absolute atomic E-state index is 0.109. The smallest absolute Gasteiger partial charge is 0.242 e. The third-order valence-electron chi connectivity index (χ3n) is 5.85. The number of aromatic nitrogens is 1. The van der Waals surface area contributed by atoms with Crippen LogP contribution in [0.1, 0.15) is 46.8 Å². The molecule has 1 amide bonds. The molecule has 5 rings (SSSR count). The Bertz CT molecular complexity index is 1420. The highest BCUT2D eigenvalue weighted by Crippen LogP contribution is 2.43. The predicted molar refractivity (Wildman–Crippen MR) is 144 cm³/mol. The van der Waals surface area contributed by atoms with Crippen molar-refractivity contribution in [3.8, 4) is 11.5 Å². The fraction of sp³-hybridized carbons (Fsp3) is 0.214. The van der Waals surface area contributed by atoms with Crippen LogP contribution in [0.3, 0.4) is 0 Å². The van der Waals surface area contributed by atoms with Crippen LogP contribution in [0.5, 0.6) is 11.5 Å². The highest BCUT2D eigenvalue weighted by atomic mass is 35.5. The first-order valence-corrected chi connectivity index (χ1v) is 12.8. The van der Waals surface area contributed by atoms with Crippen molar-refractivity contribution >= 4 is 46.6 Å². The molecule has 1 aromatic heterocycles. The van der Waals surface area contributed by atoms with Crippen molar-refractivity contribution in [2.24, 2.45) is 7.05 Å². The summed E-state index contributed by atoms with van der Waals surface area (Å²) in [7, 11) is 1.89. The Labute approximate surface area is 219 Å². The second-order valence-electron chi connectivity index (χ2n) is 8.13. The lowest BCUT2D eigenvalue weighted by Crippen LogP contribution is -2.25. The lowest BCUT2D eigenvalue weighted by Gasteiger charge is -2.19. The van der Waals surface area contributed by atoms with Crippen LogP contribution in [0, 0.1) is 6.92 Å². The second kappa shape index (κ2) is 11.1. The number of hydrogen-bond donors (Lipinski definition) is 1. The molecule has 186 valence electrons. The summed E-state index contributed by atoms with van der Waals surface area (Å²) in [6.07, 6.45) is 2.71. The quantitative estimate of drug-likeness (QED) is 0.226. The van der Waals surface area contributed by atoms with Gasteiger partial charge in [-0.2, -0.15) is 0 Å². The van der Waals surface area contributed by atoms with Gasteiger partial charge in [-0.05, 0) is 54.3 Å². The first-order chi connectivity index (χ1) is 17.4. The van der Waals surface area contributed by atoms with Crippen molar-refractivity contribution in [3.05, 3.63) is 88.1 Å². The van der Waals surface area contributed by atoms with E-state index >= 15 is 0 Å². The van der Waals surface area contributed by atoms with E-state index in [1.165, 1.54) is 11.9 Å². The lowest BCUT2D eigenvalue weighted by molar-refractivity contribution is -0.119. The second-order valence-corrected chi connectivity index (χ2v) is 9.42. The number of ether oxygens (including phenoxy) is 2. The molecule has 1 aliphatic heterocycles. The van der Waals surface area contributed by atoms with E-state index in [2.05, 4.69) is 4.72 Å². The van der Waals surface area contributed by atoms with Gasteiger partial charge >= 0.3 is 0 Å².